The number of ether oxygens (including phenoxy) is 1. The van der Waals surface area contributed by atoms with Gasteiger partial charge in [0.1, 0.15) is 11.5 Å². The summed E-state index contributed by atoms with van der Waals surface area (Å²) in [5.74, 6) is 2.45. The maximum Gasteiger partial charge on any atom is 0.221 e. The minimum absolute atomic E-state index is 0.225. The molecule has 6 rings (SSSR count). The quantitative estimate of drug-likeness (QED) is 0.311. The number of hydrogen-bond donors (Lipinski definition) is 1. The fourth-order valence-electron chi connectivity index (χ4n) is 6.26. The zero-order valence-corrected chi connectivity index (χ0v) is 21.7. The van der Waals surface area contributed by atoms with Crippen molar-refractivity contribution in [2.24, 2.45) is 11.7 Å². The highest BCUT2D eigenvalue weighted by molar-refractivity contribution is 5.81. The number of rotatable bonds is 7. The van der Waals surface area contributed by atoms with E-state index in [1.165, 1.54) is 29.5 Å². The molecule has 0 radical (unpaired) electrons. The van der Waals surface area contributed by atoms with Gasteiger partial charge in [-0.25, -0.2) is 0 Å². The first-order valence-electron chi connectivity index (χ1n) is 13.7. The lowest BCUT2D eigenvalue weighted by Gasteiger charge is -2.39. The van der Waals surface area contributed by atoms with Crippen LogP contribution in [-0.4, -0.2) is 30.4 Å². The molecule has 1 fully saturated rings. The predicted octanol–water partition coefficient (Wildman–Crippen LogP) is 6.57. The zero-order chi connectivity index (χ0) is 25.9. The lowest BCUT2D eigenvalue weighted by molar-refractivity contribution is -0.117. The number of nitrogens with two attached hydrogens (primary N) is 1. The molecule has 2 aliphatic rings. The maximum atomic E-state index is 11.7. The molecule has 0 aliphatic carbocycles. The number of amides is 1. The van der Waals surface area contributed by atoms with Gasteiger partial charge in [0, 0.05) is 23.6 Å². The van der Waals surface area contributed by atoms with E-state index in [9.17, 15) is 4.79 Å². The fraction of sp³-hybridized carbons (Fsp3) is 0.265. The molecule has 2 heterocycles. The summed E-state index contributed by atoms with van der Waals surface area (Å²) in [5, 5.41) is 0. The standard InChI is InChI=1S/C34H34N2O2/c35-33(37)23-26-10-4-5-11-28(26)27-14-15-30-32(22-27)38-31-13-7-6-12-29(31)34(30)25-17-20-36(21-18-25)19-16-24-8-2-1-3-9-24/h1-15,22,25,34H,16-21,23H2,(H2,35,37). The number of likely N-dealkylation sites (tertiary alicyclic amines) is 1. The SMILES string of the molecule is NC(=O)Cc1ccccc1-c1ccc2c(c1)Oc1ccccc1C2C1CCN(CCc2ccccc2)CC1. The average Bonchev–Trinajstić information content (AvgIpc) is 2.95. The van der Waals surface area contributed by atoms with Crippen LogP contribution in [0, 0.1) is 5.92 Å². The number of primary amides is 1. The van der Waals surface area contributed by atoms with Crippen LogP contribution in [0.4, 0.5) is 0 Å². The zero-order valence-electron chi connectivity index (χ0n) is 21.7. The molecule has 38 heavy (non-hydrogen) atoms. The molecule has 4 aromatic rings. The first-order valence-corrected chi connectivity index (χ1v) is 13.7. The molecular weight excluding hydrogens is 468 g/mol. The average molecular weight is 503 g/mol. The predicted molar refractivity (Wildman–Crippen MR) is 152 cm³/mol. The normalized spacial score (nSPS) is 17.3. The third-order valence-corrected chi connectivity index (χ3v) is 8.18. The van der Waals surface area contributed by atoms with Crippen molar-refractivity contribution in [3.63, 3.8) is 0 Å². The van der Waals surface area contributed by atoms with E-state index in [2.05, 4.69) is 83.8 Å². The molecule has 0 saturated carbocycles. The van der Waals surface area contributed by atoms with Crippen molar-refractivity contribution in [1.29, 1.82) is 0 Å². The van der Waals surface area contributed by atoms with Gasteiger partial charge in [-0.2, -0.15) is 0 Å². The largest absolute Gasteiger partial charge is 0.457 e. The van der Waals surface area contributed by atoms with Crippen LogP contribution in [0.5, 0.6) is 11.5 Å². The molecule has 2 aliphatic heterocycles. The first kappa shape index (κ1) is 24.4. The Balaban J connectivity index is 1.25. The van der Waals surface area contributed by atoms with Crippen molar-refractivity contribution in [3.05, 3.63) is 119 Å². The number of benzene rings is 4. The molecular formula is C34H34N2O2. The number of para-hydroxylation sites is 1. The second-order valence-electron chi connectivity index (χ2n) is 10.6. The summed E-state index contributed by atoms with van der Waals surface area (Å²) in [7, 11) is 0. The minimum Gasteiger partial charge on any atom is -0.457 e. The van der Waals surface area contributed by atoms with Gasteiger partial charge in [0.25, 0.3) is 0 Å². The van der Waals surface area contributed by atoms with Crippen molar-refractivity contribution < 1.29 is 9.53 Å². The molecule has 4 aromatic carbocycles. The van der Waals surface area contributed by atoms with Crippen LogP contribution in [0.3, 0.4) is 0 Å². The summed E-state index contributed by atoms with van der Waals surface area (Å²) in [6, 6.07) is 33.9. The molecule has 4 heteroatoms. The van der Waals surface area contributed by atoms with Crippen LogP contribution in [0.1, 0.15) is 41.0 Å². The number of carbonyl (C=O) groups excluding carboxylic acids is 1. The van der Waals surface area contributed by atoms with Crippen molar-refractivity contribution >= 4 is 5.91 Å². The highest BCUT2D eigenvalue weighted by Gasteiger charge is 2.35. The van der Waals surface area contributed by atoms with E-state index in [-0.39, 0.29) is 12.3 Å². The number of carbonyl (C=O) groups is 1. The molecule has 1 saturated heterocycles. The fourth-order valence-corrected chi connectivity index (χ4v) is 6.26. The van der Waals surface area contributed by atoms with Crippen molar-refractivity contribution in [2.45, 2.75) is 31.6 Å². The van der Waals surface area contributed by atoms with Crippen LogP contribution in [0.25, 0.3) is 11.1 Å². The van der Waals surface area contributed by atoms with Crippen molar-refractivity contribution in [3.8, 4) is 22.6 Å². The number of piperidine rings is 1. The van der Waals surface area contributed by atoms with Crippen LogP contribution in [-0.2, 0) is 17.6 Å². The van der Waals surface area contributed by atoms with E-state index >= 15 is 0 Å². The monoisotopic (exact) mass is 502 g/mol. The molecule has 192 valence electrons. The Bertz CT molecular complexity index is 1420. The Labute approximate surface area is 225 Å². The summed E-state index contributed by atoms with van der Waals surface area (Å²) >= 11 is 0. The number of nitrogens with zero attached hydrogens (tertiary/aromatic N) is 1. The van der Waals surface area contributed by atoms with Gasteiger partial charge in [-0.15, -0.1) is 0 Å². The van der Waals surface area contributed by atoms with Crippen LogP contribution >= 0.6 is 0 Å². The van der Waals surface area contributed by atoms with Gasteiger partial charge in [-0.1, -0.05) is 84.9 Å². The molecule has 0 spiro atoms. The van der Waals surface area contributed by atoms with Crippen molar-refractivity contribution in [1.82, 2.24) is 4.90 Å². The Morgan fingerprint density at radius 2 is 1.53 bits per heavy atom. The second kappa shape index (κ2) is 10.8. The summed E-state index contributed by atoms with van der Waals surface area (Å²) in [5.41, 5.74) is 12.5. The van der Waals surface area contributed by atoms with E-state index in [0.29, 0.717) is 11.8 Å². The number of hydrogen-bond acceptors (Lipinski definition) is 3. The van der Waals surface area contributed by atoms with Gasteiger partial charge in [0.2, 0.25) is 5.91 Å². The summed E-state index contributed by atoms with van der Waals surface area (Å²) in [6.45, 7) is 3.38. The van der Waals surface area contributed by atoms with E-state index in [1.807, 2.05) is 18.2 Å². The molecule has 0 bridgehead atoms. The Hall–Kier alpha value is -3.89. The van der Waals surface area contributed by atoms with Gasteiger partial charge in [0.15, 0.2) is 0 Å². The van der Waals surface area contributed by atoms with E-state index < -0.39 is 0 Å². The van der Waals surface area contributed by atoms with E-state index in [4.69, 9.17) is 10.5 Å². The summed E-state index contributed by atoms with van der Waals surface area (Å²) in [4.78, 5) is 14.3. The Morgan fingerprint density at radius 3 is 2.34 bits per heavy atom. The number of fused-ring (bicyclic) bond motifs is 2. The Morgan fingerprint density at radius 1 is 0.816 bits per heavy atom. The van der Waals surface area contributed by atoms with Gasteiger partial charge in [-0.3, -0.25) is 4.79 Å². The molecule has 0 aromatic heterocycles. The van der Waals surface area contributed by atoms with Crippen LogP contribution in [0.15, 0.2) is 97.1 Å². The lowest BCUT2D eigenvalue weighted by Crippen LogP contribution is -2.37. The third kappa shape index (κ3) is 5.09. The van der Waals surface area contributed by atoms with E-state index in [1.54, 1.807) is 0 Å². The molecule has 1 unspecified atom stereocenters. The summed E-state index contributed by atoms with van der Waals surface area (Å²) < 4.78 is 6.49. The first-order chi connectivity index (χ1) is 18.7. The highest BCUT2D eigenvalue weighted by atomic mass is 16.5. The molecule has 1 amide bonds. The highest BCUT2D eigenvalue weighted by Crippen LogP contribution is 2.50. The van der Waals surface area contributed by atoms with Crippen LogP contribution in [0.2, 0.25) is 0 Å². The van der Waals surface area contributed by atoms with E-state index in [0.717, 1.165) is 54.2 Å². The smallest absolute Gasteiger partial charge is 0.221 e. The molecule has 2 N–H and O–H groups in total. The topological polar surface area (TPSA) is 55.6 Å². The molecule has 4 nitrogen and oxygen atoms in total. The second-order valence-corrected chi connectivity index (χ2v) is 10.6. The van der Waals surface area contributed by atoms with Crippen molar-refractivity contribution in [2.75, 3.05) is 19.6 Å². The summed E-state index contributed by atoms with van der Waals surface area (Å²) in [6.07, 6.45) is 3.68. The third-order valence-electron chi connectivity index (χ3n) is 8.18. The molecule has 1 atom stereocenters. The van der Waals surface area contributed by atoms with Gasteiger partial charge >= 0.3 is 0 Å². The van der Waals surface area contributed by atoms with Gasteiger partial charge < -0.3 is 15.4 Å². The van der Waals surface area contributed by atoms with Crippen LogP contribution < -0.4 is 10.5 Å². The van der Waals surface area contributed by atoms with Gasteiger partial charge in [-0.05, 0) is 72.7 Å². The minimum atomic E-state index is -0.323. The lowest BCUT2D eigenvalue weighted by atomic mass is 9.74. The Kier molecular flexibility index (Phi) is 6.98. The maximum absolute atomic E-state index is 11.7. The van der Waals surface area contributed by atoms with Gasteiger partial charge in [0.05, 0.1) is 6.42 Å².